The minimum atomic E-state index is 0.471. The van der Waals surface area contributed by atoms with E-state index in [1.165, 1.54) is 77.0 Å². The first-order valence-electron chi connectivity index (χ1n) is 12.6. The molecule has 3 aliphatic rings. The number of nitrogens with one attached hydrogen (secondary N) is 2. The third kappa shape index (κ3) is 6.67. The smallest absolute Gasteiger partial charge is 0.232 e. The van der Waals surface area contributed by atoms with Crippen molar-refractivity contribution in [3.05, 3.63) is 6.07 Å². The van der Waals surface area contributed by atoms with Gasteiger partial charge in [0.25, 0.3) is 0 Å². The highest BCUT2D eigenvalue weighted by molar-refractivity contribution is 7.80. The number of anilines is 3. The van der Waals surface area contributed by atoms with Crippen LogP contribution in [0.25, 0.3) is 0 Å². The van der Waals surface area contributed by atoms with Crippen molar-refractivity contribution in [3.8, 4) is 0 Å². The van der Waals surface area contributed by atoms with E-state index < -0.39 is 0 Å². The number of hydrogen-bond acceptors (Lipinski definition) is 5. The lowest BCUT2D eigenvalue weighted by Crippen LogP contribution is -2.38. The van der Waals surface area contributed by atoms with Crippen LogP contribution in [-0.2, 0) is 0 Å². The Bertz CT molecular complexity index is 690. The average molecular weight is 445 g/mol. The highest BCUT2D eigenvalue weighted by Crippen LogP contribution is 2.27. The largest absolute Gasteiger partial charge is 0.360 e. The van der Waals surface area contributed by atoms with Crippen molar-refractivity contribution in [2.75, 3.05) is 41.3 Å². The molecule has 0 aromatic carbocycles. The lowest BCUT2D eigenvalue weighted by Gasteiger charge is -2.33. The van der Waals surface area contributed by atoms with E-state index in [1.54, 1.807) is 0 Å². The van der Waals surface area contributed by atoms with Crippen LogP contribution in [-0.4, -0.2) is 47.3 Å². The summed E-state index contributed by atoms with van der Waals surface area (Å²) in [5, 5.41) is 7.54. The summed E-state index contributed by atoms with van der Waals surface area (Å²) in [5.74, 6) is 3.44. The topological polar surface area (TPSA) is 56.3 Å². The lowest BCUT2D eigenvalue weighted by atomic mass is 10.0. The van der Waals surface area contributed by atoms with Crippen LogP contribution in [0.4, 0.5) is 17.6 Å². The summed E-state index contributed by atoms with van der Waals surface area (Å²) in [6.07, 6.45) is 15.3. The van der Waals surface area contributed by atoms with Crippen LogP contribution in [0.2, 0.25) is 0 Å². The molecule has 0 bridgehead atoms. The Balaban J connectivity index is 1.51. The van der Waals surface area contributed by atoms with Gasteiger partial charge in [-0.25, -0.2) is 0 Å². The molecule has 3 heterocycles. The van der Waals surface area contributed by atoms with Gasteiger partial charge in [0, 0.05) is 38.3 Å². The normalized spacial score (nSPS) is 23.7. The third-order valence-corrected chi connectivity index (χ3v) is 7.25. The molecule has 0 radical (unpaired) electrons. The minimum Gasteiger partial charge on any atom is -0.360 e. The summed E-state index contributed by atoms with van der Waals surface area (Å²) < 4.78 is 0. The maximum atomic E-state index is 5.67. The van der Waals surface area contributed by atoms with Gasteiger partial charge in [-0.2, -0.15) is 9.97 Å². The van der Waals surface area contributed by atoms with Crippen LogP contribution in [0.3, 0.4) is 0 Å². The molecule has 0 spiro atoms. The Morgan fingerprint density at radius 1 is 0.839 bits per heavy atom. The van der Waals surface area contributed by atoms with Gasteiger partial charge >= 0.3 is 0 Å². The van der Waals surface area contributed by atoms with Crippen LogP contribution in [0.15, 0.2) is 6.07 Å². The molecule has 1 atom stereocenters. The molecule has 1 aliphatic carbocycles. The van der Waals surface area contributed by atoms with Gasteiger partial charge in [-0.15, -0.1) is 0 Å². The highest BCUT2D eigenvalue weighted by atomic mass is 32.1. The van der Waals surface area contributed by atoms with E-state index in [-0.39, 0.29) is 0 Å². The van der Waals surface area contributed by atoms with E-state index in [2.05, 4.69) is 33.4 Å². The molecule has 3 fully saturated rings. The fourth-order valence-electron chi connectivity index (χ4n) is 5.25. The molecular weight excluding hydrogens is 404 g/mol. The first-order chi connectivity index (χ1) is 15.2. The van der Waals surface area contributed by atoms with Crippen LogP contribution >= 0.6 is 12.2 Å². The van der Waals surface area contributed by atoms with Gasteiger partial charge in [0.15, 0.2) is 5.11 Å². The number of rotatable bonds is 4. The van der Waals surface area contributed by atoms with Crippen molar-refractivity contribution in [2.45, 2.75) is 90.0 Å². The van der Waals surface area contributed by atoms with Gasteiger partial charge in [-0.3, -0.25) is 0 Å². The predicted octanol–water partition coefficient (Wildman–Crippen LogP) is 5.10. The average Bonchev–Trinajstić information content (AvgIpc) is 3.19. The first-order valence-corrected chi connectivity index (χ1v) is 13.0. The number of aromatic nitrogens is 2. The standard InChI is InChI=1S/C24H40N6S/c1-19-11-10-16-30(18-19)22-17-21(29-14-8-4-5-9-15-29)26-23(27-22)28-24(31)25-20-12-6-2-3-7-13-20/h17,19-20H,2-16,18H2,1H3,(H2,25,26,27,28,31)/t19-/m0/s1. The zero-order valence-corrected chi connectivity index (χ0v) is 20.1. The van der Waals surface area contributed by atoms with Crippen molar-refractivity contribution < 1.29 is 0 Å². The third-order valence-electron chi connectivity index (χ3n) is 7.03. The van der Waals surface area contributed by atoms with E-state index in [0.717, 1.165) is 37.8 Å². The molecule has 1 aromatic heterocycles. The molecule has 1 aromatic rings. The minimum absolute atomic E-state index is 0.471. The van der Waals surface area contributed by atoms with Gasteiger partial charge in [0.05, 0.1) is 0 Å². The number of piperidine rings is 1. The van der Waals surface area contributed by atoms with Crippen LogP contribution in [0.1, 0.15) is 84.0 Å². The quantitative estimate of drug-likeness (QED) is 0.495. The molecule has 6 nitrogen and oxygen atoms in total. The molecule has 2 saturated heterocycles. The Kier molecular flexibility index (Phi) is 8.22. The van der Waals surface area contributed by atoms with Gasteiger partial charge in [-0.05, 0) is 56.7 Å². The van der Waals surface area contributed by atoms with Gasteiger partial charge in [0.2, 0.25) is 5.95 Å². The van der Waals surface area contributed by atoms with Crippen LogP contribution in [0.5, 0.6) is 0 Å². The second-order valence-corrected chi connectivity index (χ2v) is 10.2. The van der Waals surface area contributed by atoms with Crippen molar-refractivity contribution in [2.24, 2.45) is 5.92 Å². The van der Waals surface area contributed by atoms with Crippen LogP contribution < -0.4 is 20.4 Å². The zero-order chi connectivity index (χ0) is 21.5. The van der Waals surface area contributed by atoms with E-state index in [0.29, 0.717) is 23.0 Å². The van der Waals surface area contributed by atoms with Crippen LogP contribution in [0, 0.1) is 5.92 Å². The van der Waals surface area contributed by atoms with E-state index in [1.807, 2.05) is 0 Å². The Labute approximate surface area is 193 Å². The van der Waals surface area contributed by atoms with E-state index >= 15 is 0 Å². The molecule has 2 aliphatic heterocycles. The van der Waals surface area contributed by atoms with Gasteiger partial charge in [-0.1, -0.05) is 45.4 Å². The number of hydrogen-bond donors (Lipinski definition) is 2. The summed E-state index contributed by atoms with van der Waals surface area (Å²) in [6, 6.07) is 2.68. The number of thiocarbonyl (C=S) groups is 1. The Morgan fingerprint density at radius 2 is 1.45 bits per heavy atom. The maximum absolute atomic E-state index is 5.67. The number of nitrogens with zero attached hydrogens (tertiary/aromatic N) is 4. The molecule has 0 unspecified atom stereocenters. The summed E-state index contributed by atoms with van der Waals surface area (Å²) in [7, 11) is 0. The summed E-state index contributed by atoms with van der Waals surface area (Å²) in [6.45, 7) is 6.65. The van der Waals surface area contributed by atoms with E-state index in [4.69, 9.17) is 22.2 Å². The predicted molar refractivity (Wildman–Crippen MR) is 134 cm³/mol. The molecule has 4 rings (SSSR count). The zero-order valence-electron chi connectivity index (χ0n) is 19.2. The molecular formula is C24H40N6S. The lowest BCUT2D eigenvalue weighted by molar-refractivity contribution is 0.444. The molecule has 1 saturated carbocycles. The van der Waals surface area contributed by atoms with Gasteiger partial charge in [0.1, 0.15) is 11.6 Å². The van der Waals surface area contributed by atoms with E-state index in [9.17, 15) is 0 Å². The molecule has 0 amide bonds. The SMILES string of the molecule is C[C@H]1CCCN(c2cc(N3CCCCCC3)nc(NC(=S)NC3CCCCCC3)n2)C1. The molecule has 2 N–H and O–H groups in total. The van der Waals surface area contributed by atoms with Crippen molar-refractivity contribution in [3.63, 3.8) is 0 Å². The van der Waals surface area contributed by atoms with Gasteiger partial charge < -0.3 is 20.4 Å². The fraction of sp³-hybridized carbons (Fsp3) is 0.792. The summed E-state index contributed by atoms with van der Waals surface area (Å²) >= 11 is 5.67. The van der Waals surface area contributed by atoms with Crippen molar-refractivity contribution >= 4 is 34.9 Å². The highest BCUT2D eigenvalue weighted by Gasteiger charge is 2.22. The second-order valence-electron chi connectivity index (χ2n) is 9.79. The molecule has 7 heteroatoms. The Hall–Kier alpha value is -1.63. The first kappa shape index (κ1) is 22.6. The fourth-order valence-corrected chi connectivity index (χ4v) is 5.50. The maximum Gasteiger partial charge on any atom is 0.232 e. The van der Waals surface area contributed by atoms with Crippen molar-refractivity contribution in [1.82, 2.24) is 15.3 Å². The Morgan fingerprint density at radius 3 is 2.13 bits per heavy atom. The molecule has 172 valence electrons. The van der Waals surface area contributed by atoms with Crippen molar-refractivity contribution in [1.29, 1.82) is 0 Å². The molecule has 31 heavy (non-hydrogen) atoms. The summed E-state index contributed by atoms with van der Waals surface area (Å²) in [4.78, 5) is 14.7. The summed E-state index contributed by atoms with van der Waals surface area (Å²) in [5.41, 5.74) is 0. The monoisotopic (exact) mass is 444 g/mol. The second kappa shape index (κ2) is 11.3.